The summed E-state index contributed by atoms with van der Waals surface area (Å²) in [5.74, 6) is 2.01. The van der Waals surface area contributed by atoms with E-state index in [0.29, 0.717) is 17.5 Å². The molecular formula is C63H45N3. The van der Waals surface area contributed by atoms with Crippen LogP contribution >= 0.6 is 0 Å². The first-order chi connectivity index (χ1) is 32.6. The van der Waals surface area contributed by atoms with Gasteiger partial charge in [-0.3, -0.25) is 0 Å². The molecule has 1 atom stereocenters. The summed E-state index contributed by atoms with van der Waals surface area (Å²) in [7, 11) is 0. The number of aromatic nitrogens is 3. The first-order valence-corrected chi connectivity index (χ1v) is 22.9. The van der Waals surface area contributed by atoms with Gasteiger partial charge < -0.3 is 0 Å². The van der Waals surface area contributed by atoms with Gasteiger partial charge in [-0.05, 0) is 108 Å². The lowest BCUT2D eigenvalue weighted by Crippen LogP contribution is -2.32. The minimum atomic E-state index is -0.462. The second-order valence-corrected chi connectivity index (χ2v) is 17.5. The van der Waals surface area contributed by atoms with Crippen molar-refractivity contribution < 1.29 is 0 Å². The van der Waals surface area contributed by atoms with E-state index in [1.54, 1.807) is 0 Å². The topological polar surface area (TPSA) is 38.7 Å². The Bertz CT molecular complexity index is 3470. The van der Waals surface area contributed by atoms with Gasteiger partial charge in [0.15, 0.2) is 17.5 Å². The van der Waals surface area contributed by atoms with Crippen LogP contribution in [0.3, 0.4) is 0 Å². The smallest absolute Gasteiger partial charge is 0.164 e. The molecule has 3 heteroatoms. The fraction of sp³-hybridized carbons (Fsp3) is 0.0635. The highest BCUT2D eigenvalue weighted by Gasteiger charge is 2.54. The number of nitrogens with zero attached hydrogens (tertiary/aromatic N) is 3. The van der Waals surface area contributed by atoms with Crippen molar-refractivity contribution >= 4 is 17.7 Å². The SMILES string of the molecule is C\C=C/C=C1\C(=C2/C=c3ccc(-c4nc(-c5cccc(-c6ccccc6)c5)nc(-c5cccc(-c6ccccc6)c5)n4)cc3=CC2C)C2(c3ccccc31)c1ccccc1-c1ccccc12. The molecule has 1 unspecified atom stereocenters. The van der Waals surface area contributed by atoms with Crippen LogP contribution in [-0.2, 0) is 5.41 Å². The maximum absolute atomic E-state index is 5.24. The van der Waals surface area contributed by atoms with Gasteiger partial charge in [0.05, 0.1) is 5.41 Å². The maximum Gasteiger partial charge on any atom is 0.164 e. The van der Waals surface area contributed by atoms with Crippen LogP contribution in [0.4, 0.5) is 0 Å². The van der Waals surface area contributed by atoms with E-state index in [1.165, 1.54) is 60.5 Å². The summed E-state index contributed by atoms with van der Waals surface area (Å²) in [6, 6.07) is 71.8. The predicted molar refractivity (Wildman–Crippen MR) is 272 cm³/mol. The maximum atomic E-state index is 5.24. The highest BCUT2D eigenvalue weighted by atomic mass is 15.0. The molecule has 8 aromatic carbocycles. The number of allylic oxidation sites excluding steroid dienone is 6. The molecule has 1 heterocycles. The Hall–Kier alpha value is -8.27. The van der Waals surface area contributed by atoms with E-state index in [9.17, 15) is 0 Å². The van der Waals surface area contributed by atoms with Crippen molar-refractivity contribution in [3.63, 3.8) is 0 Å². The quantitative estimate of drug-likeness (QED) is 0.167. The third kappa shape index (κ3) is 6.38. The number of fused-ring (bicyclic) bond motifs is 8. The molecule has 0 saturated heterocycles. The third-order valence-corrected chi connectivity index (χ3v) is 13.6. The molecule has 12 rings (SSSR count). The van der Waals surface area contributed by atoms with Gasteiger partial charge >= 0.3 is 0 Å². The summed E-state index contributed by atoms with van der Waals surface area (Å²) in [6.07, 6.45) is 11.6. The van der Waals surface area contributed by atoms with Crippen LogP contribution in [0.1, 0.15) is 36.1 Å². The van der Waals surface area contributed by atoms with Crippen LogP contribution in [0.2, 0.25) is 0 Å². The van der Waals surface area contributed by atoms with Gasteiger partial charge in [-0.15, -0.1) is 0 Å². The summed E-state index contributed by atoms with van der Waals surface area (Å²) >= 11 is 0. The Balaban J connectivity index is 1.04. The summed E-state index contributed by atoms with van der Waals surface area (Å²) in [5.41, 5.74) is 18.8. The molecule has 9 aromatic rings. The predicted octanol–water partition coefficient (Wildman–Crippen LogP) is 13.7. The van der Waals surface area contributed by atoms with Crippen LogP contribution < -0.4 is 10.4 Å². The Morgan fingerprint density at radius 1 is 0.424 bits per heavy atom. The first kappa shape index (κ1) is 39.3. The van der Waals surface area contributed by atoms with E-state index < -0.39 is 5.41 Å². The van der Waals surface area contributed by atoms with E-state index in [0.717, 1.165) is 38.9 Å². The van der Waals surface area contributed by atoms with Crippen molar-refractivity contribution in [2.45, 2.75) is 19.3 Å². The van der Waals surface area contributed by atoms with Gasteiger partial charge in [-0.2, -0.15) is 0 Å². The number of rotatable bonds is 6. The van der Waals surface area contributed by atoms with E-state index >= 15 is 0 Å². The molecule has 1 spiro atoms. The molecule has 0 N–H and O–H groups in total. The molecule has 3 aliphatic rings. The molecule has 0 fully saturated rings. The van der Waals surface area contributed by atoms with Crippen LogP contribution in [0.15, 0.2) is 230 Å². The zero-order chi connectivity index (χ0) is 44.2. The summed E-state index contributed by atoms with van der Waals surface area (Å²) in [4.78, 5) is 15.7. The van der Waals surface area contributed by atoms with Crippen molar-refractivity contribution in [1.82, 2.24) is 15.0 Å². The van der Waals surface area contributed by atoms with Crippen molar-refractivity contribution in [1.29, 1.82) is 0 Å². The summed E-state index contributed by atoms with van der Waals surface area (Å²) < 4.78 is 0. The third-order valence-electron chi connectivity index (χ3n) is 13.6. The van der Waals surface area contributed by atoms with E-state index in [-0.39, 0.29) is 5.92 Å². The van der Waals surface area contributed by atoms with Gasteiger partial charge in [0.2, 0.25) is 0 Å². The van der Waals surface area contributed by atoms with Crippen LogP contribution in [0.25, 0.3) is 85.3 Å². The zero-order valence-electron chi connectivity index (χ0n) is 36.9. The molecule has 0 bridgehead atoms. The first-order valence-electron chi connectivity index (χ1n) is 22.9. The molecule has 0 aliphatic heterocycles. The lowest BCUT2D eigenvalue weighted by molar-refractivity contribution is 0.770. The molecular weight excluding hydrogens is 799 g/mol. The van der Waals surface area contributed by atoms with Gasteiger partial charge in [-0.25, -0.2) is 15.0 Å². The Labute approximate surface area is 385 Å². The molecule has 0 radical (unpaired) electrons. The number of benzene rings is 8. The molecule has 3 nitrogen and oxygen atoms in total. The average molecular weight is 844 g/mol. The van der Waals surface area contributed by atoms with Gasteiger partial charge in [-0.1, -0.05) is 219 Å². The fourth-order valence-electron chi connectivity index (χ4n) is 10.7. The normalized spacial score (nSPS) is 16.9. The molecule has 3 aliphatic carbocycles. The minimum absolute atomic E-state index is 0.105. The Morgan fingerprint density at radius 2 is 0.879 bits per heavy atom. The summed E-state index contributed by atoms with van der Waals surface area (Å²) in [5, 5.41) is 2.34. The highest BCUT2D eigenvalue weighted by Crippen LogP contribution is 2.65. The standard InChI is InChI=1S/C63H45N3/c1-3-4-27-54-53-30-13-16-33-58(53)63(56-31-14-11-28-51(56)52-29-12-15-32-57(52)63)59(54)55-40-46-34-35-49(39-50(46)36-41(55)2)62-65-60(47-25-17-23-44(37-47)42-19-7-5-8-20-42)64-61(66-62)48-26-18-24-45(38-48)43-21-9-6-10-22-43/h3-41H,1-2H3/b4-3-,54-27-,59-55-. The second kappa shape index (κ2) is 16.1. The van der Waals surface area contributed by atoms with Crippen molar-refractivity contribution in [2.75, 3.05) is 0 Å². The lowest BCUT2D eigenvalue weighted by atomic mass is 9.67. The molecule has 1 aromatic heterocycles. The Kier molecular flexibility index (Phi) is 9.57. The van der Waals surface area contributed by atoms with Crippen molar-refractivity contribution in [3.05, 3.63) is 262 Å². The van der Waals surface area contributed by atoms with Crippen LogP contribution in [0, 0.1) is 5.92 Å². The molecule has 66 heavy (non-hydrogen) atoms. The molecule has 0 saturated carbocycles. The average Bonchev–Trinajstić information content (AvgIpc) is 3.85. The second-order valence-electron chi connectivity index (χ2n) is 17.5. The number of hydrogen-bond acceptors (Lipinski definition) is 3. The largest absolute Gasteiger partial charge is 0.208 e. The lowest BCUT2D eigenvalue weighted by Gasteiger charge is -2.34. The van der Waals surface area contributed by atoms with E-state index in [1.807, 2.05) is 12.1 Å². The van der Waals surface area contributed by atoms with E-state index in [2.05, 4.69) is 232 Å². The van der Waals surface area contributed by atoms with Crippen molar-refractivity contribution in [3.8, 4) is 67.5 Å². The number of hydrogen-bond donors (Lipinski definition) is 0. The van der Waals surface area contributed by atoms with Gasteiger partial charge in [0.1, 0.15) is 0 Å². The van der Waals surface area contributed by atoms with Crippen LogP contribution in [0.5, 0.6) is 0 Å². The van der Waals surface area contributed by atoms with Gasteiger partial charge in [0, 0.05) is 22.6 Å². The Morgan fingerprint density at radius 3 is 1.42 bits per heavy atom. The minimum Gasteiger partial charge on any atom is -0.208 e. The fourth-order valence-corrected chi connectivity index (χ4v) is 10.7. The van der Waals surface area contributed by atoms with Gasteiger partial charge in [0.25, 0.3) is 0 Å². The monoisotopic (exact) mass is 843 g/mol. The van der Waals surface area contributed by atoms with E-state index in [4.69, 9.17) is 15.0 Å². The molecule has 0 amide bonds. The van der Waals surface area contributed by atoms with Crippen LogP contribution in [-0.4, -0.2) is 15.0 Å². The highest BCUT2D eigenvalue weighted by molar-refractivity contribution is 6.02. The van der Waals surface area contributed by atoms with Crippen molar-refractivity contribution in [2.24, 2.45) is 5.92 Å². The molecule has 312 valence electrons. The summed E-state index contributed by atoms with van der Waals surface area (Å²) in [6.45, 7) is 4.45. The zero-order valence-corrected chi connectivity index (χ0v) is 36.9.